The van der Waals surface area contributed by atoms with Gasteiger partial charge in [-0.25, -0.2) is 9.00 Å². The molecule has 1 unspecified atom stereocenters. The van der Waals surface area contributed by atoms with Crippen molar-refractivity contribution in [1.82, 2.24) is 9.80 Å². The topological polar surface area (TPSA) is 86.1 Å². The molecule has 2 aromatic carbocycles. The first-order chi connectivity index (χ1) is 17.2. The Morgan fingerprint density at radius 3 is 2.53 bits per heavy atom. The first-order valence-corrected chi connectivity index (χ1v) is 13.9. The van der Waals surface area contributed by atoms with Gasteiger partial charge < -0.3 is 23.8 Å². The molecule has 0 aliphatic carbocycles. The van der Waals surface area contributed by atoms with E-state index >= 15 is 0 Å². The number of benzene rings is 2. The summed E-state index contributed by atoms with van der Waals surface area (Å²) in [5.41, 5.74) is 4.72. The van der Waals surface area contributed by atoms with Crippen LogP contribution in [0, 0.1) is 6.92 Å². The van der Waals surface area contributed by atoms with E-state index in [1.54, 1.807) is 23.1 Å². The lowest BCUT2D eigenvalue weighted by atomic mass is 9.95. The third-order valence-corrected chi connectivity index (χ3v) is 7.91. The van der Waals surface area contributed by atoms with Gasteiger partial charge in [0.15, 0.2) is 0 Å². The number of carbonyl (C=O) groups excluding carboxylic acids is 1. The zero-order chi connectivity index (χ0) is 25.6. The minimum Gasteiger partial charge on any atom is -0.422 e. The molecule has 5 rings (SSSR count). The highest BCUT2D eigenvalue weighted by Crippen LogP contribution is 2.33. The third-order valence-electron chi connectivity index (χ3n) is 7.09. The van der Waals surface area contributed by atoms with Crippen molar-refractivity contribution in [2.24, 2.45) is 0 Å². The molecule has 1 saturated heterocycles. The molecule has 0 bridgehead atoms. The Bertz CT molecular complexity index is 1430. The fourth-order valence-corrected chi connectivity index (χ4v) is 5.86. The Morgan fingerprint density at radius 2 is 1.83 bits per heavy atom. The summed E-state index contributed by atoms with van der Waals surface area (Å²) in [6.45, 7) is 6.55. The summed E-state index contributed by atoms with van der Waals surface area (Å²) in [6.07, 6.45) is 2.07. The largest absolute Gasteiger partial charge is 0.422 e. The van der Waals surface area contributed by atoms with E-state index in [1.807, 2.05) is 6.92 Å². The molecular weight excluding hydrogens is 500 g/mol. The van der Waals surface area contributed by atoms with Gasteiger partial charge in [-0.1, -0.05) is 11.6 Å². The van der Waals surface area contributed by atoms with Crippen LogP contribution in [0.5, 0.6) is 0 Å². The summed E-state index contributed by atoms with van der Waals surface area (Å²) in [4.78, 5) is 32.6. The van der Waals surface area contributed by atoms with Gasteiger partial charge in [0.25, 0.3) is 5.91 Å². The maximum absolute atomic E-state index is 13.2. The molecule has 36 heavy (non-hydrogen) atoms. The maximum Gasteiger partial charge on any atom is 0.341 e. The van der Waals surface area contributed by atoms with Gasteiger partial charge >= 0.3 is 5.63 Å². The van der Waals surface area contributed by atoms with E-state index < -0.39 is 16.6 Å². The minimum absolute atomic E-state index is 0.183. The van der Waals surface area contributed by atoms with Gasteiger partial charge in [0.05, 0.1) is 22.8 Å². The van der Waals surface area contributed by atoms with Crippen molar-refractivity contribution in [2.45, 2.75) is 19.9 Å². The Labute approximate surface area is 217 Å². The molecule has 0 saturated carbocycles. The van der Waals surface area contributed by atoms with Crippen LogP contribution in [0.15, 0.2) is 39.5 Å². The Kier molecular flexibility index (Phi) is 6.80. The van der Waals surface area contributed by atoms with Crippen molar-refractivity contribution < 1.29 is 13.4 Å². The second-order valence-corrected chi connectivity index (χ2v) is 11.0. The van der Waals surface area contributed by atoms with Crippen LogP contribution in [0.4, 0.5) is 11.4 Å². The Morgan fingerprint density at radius 1 is 1.08 bits per heavy atom. The number of fused-ring (bicyclic) bond motifs is 3. The highest BCUT2D eigenvalue weighted by Gasteiger charge is 2.28. The molecule has 1 atom stereocenters. The fraction of sp³-hybridized carbons (Fsp3) is 0.385. The summed E-state index contributed by atoms with van der Waals surface area (Å²) in [5.74, 6) is -0.215. The summed E-state index contributed by atoms with van der Waals surface area (Å²) in [6, 6.07) is 9.02. The van der Waals surface area contributed by atoms with Crippen LogP contribution >= 0.6 is 11.6 Å². The first-order valence-electron chi connectivity index (χ1n) is 11.9. The molecular formula is C26H29ClN4O4S. The van der Waals surface area contributed by atoms with Gasteiger partial charge in [0, 0.05) is 61.2 Å². The first kappa shape index (κ1) is 24.8. The van der Waals surface area contributed by atoms with E-state index in [-0.39, 0.29) is 12.5 Å². The standard InChI is InChI=1S/C26H29ClN4O4S/c1-16-23(30-12-10-29(2)11-13-30)7-5-19-18-8-9-31(15-20(18)26(33)35-24(16)19)25(32)17-4-6-22(21(27)14-17)28-36(3)34/h4-7,14,28H,8-13,15H2,1-3H3. The van der Waals surface area contributed by atoms with Crippen LogP contribution in [0.25, 0.3) is 11.0 Å². The van der Waals surface area contributed by atoms with Crippen LogP contribution < -0.4 is 15.2 Å². The monoisotopic (exact) mass is 528 g/mol. The number of hydrogen-bond donors (Lipinski definition) is 1. The summed E-state index contributed by atoms with van der Waals surface area (Å²) < 4.78 is 20.0. The average molecular weight is 529 g/mol. The molecule has 2 aliphatic rings. The summed E-state index contributed by atoms with van der Waals surface area (Å²) in [5, 5.41) is 1.25. The van der Waals surface area contributed by atoms with Crippen molar-refractivity contribution in [3.8, 4) is 0 Å². The zero-order valence-electron chi connectivity index (χ0n) is 20.6. The molecule has 1 amide bonds. The Balaban J connectivity index is 1.43. The van der Waals surface area contributed by atoms with Gasteiger partial charge in [-0.05, 0) is 56.3 Å². The SMILES string of the molecule is Cc1c(N2CCN(C)CC2)ccc2c3c(c(=O)oc12)CN(C(=O)c1ccc(NS(C)=O)c(Cl)c1)CC3. The van der Waals surface area contributed by atoms with Crippen LogP contribution in [0.3, 0.4) is 0 Å². The normalized spacial score (nSPS) is 17.2. The van der Waals surface area contributed by atoms with Crippen LogP contribution in [-0.4, -0.2) is 65.9 Å². The predicted molar refractivity (Wildman–Crippen MR) is 145 cm³/mol. The fourth-order valence-electron chi connectivity index (χ4n) is 5.08. The molecule has 2 aliphatic heterocycles. The van der Waals surface area contributed by atoms with E-state index in [4.69, 9.17) is 16.0 Å². The van der Waals surface area contributed by atoms with Crippen LogP contribution in [-0.2, 0) is 24.0 Å². The summed E-state index contributed by atoms with van der Waals surface area (Å²) >= 11 is 6.28. The third kappa shape index (κ3) is 4.63. The number of hydrogen-bond acceptors (Lipinski definition) is 6. The summed E-state index contributed by atoms with van der Waals surface area (Å²) in [7, 11) is 0.852. The maximum atomic E-state index is 13.2. The molecule has 3 heterocycles. The zero-order valence-corrected chi connectivity index (χ0v) is 22.2. The van der Waals surface area contributed by atoms with Crippen molar-refractivity contribution >= 4 is 50.8 Å². The van der Waals surface area contributed by atoms with Crippen LogP contribution in [0.2, 0.25) is 5.02 Å². The Hall–Kier alpha value is -2.88. The smallest absolute Gasteiger partial charge is 0.341 e. The molecule has 1 N–H and O–H groups in total. The molecule has 3 aromatic rings. The van der Waals surface area contributed by atoms with Crippen molar-refractivity contribution in [3.63, 3.8) is 0 Å². The van der Waals surface area contributed by atoms with Crippen LogP contribution in [0.1, 0.15) is 27.0 Å². The minimum atomic E-state index is -1.27. The lowest BCUT2D eigenvalue weighted by molar-refractivity contribution is 0.0733. The van der Waals surface area contributed by atoms with Crippen molar-refractivity contribution in [2.75, 3.05) is 55.6 Å². The number of nitrogens with one attached hydrogen (secondary N) is 1. The number of halogens is 1. The van der Waals surface area contributed by atoms with E-state index in [0.29, 0.717) is 40.4 Å². The van der Waals surface area contributed by atoms with E-state index in [0.717, 1.165) is 48.4 Å². The molecule has 10 heteroatoms. The number of amides is 1. The lowest BCUT2D eigenvalue weighted by Gasteiger charge is -2.35. The van der Waals surface area contributed by atoms with Crippen molar-refractivity contribution in [3.05, 3.63) is 68.0 Å². The second kappa shape index (κ2) is 9.88. The van der Waals surface area contributed by atoms with Gasteiger partial charge in [-0.15, -0.1) is 0 Å². The molecule has 0 spiro atoms. The number of nitrogens with zero attached hydrogens (tertiary/aromatic N) is 3. The molecule has 8 nitrogen and oxygen atoms in total. The second-order valence-electron chi connectivity index (χ2n) is 9.45. The number of rotatable bonds is 4. The predicted octanol–water partition coefficient (Wildman–Crippen LogP) is 3.41. The molecule has 1 aromatic heterocycles. The van der Waals surface area contributed by atoms with Crippen molar-refractivity contribution in [1.29, 1.82) is 0 Å². The highest BCUT2D eigenvalue weighted by atomic mass is 35.5. The average Bonchev–Trinajstić information content (AvgIpc) is 2.86. The van der Waals surface area contributed by atoms with E-state index in [1.165, 1.54) is 6.26 Å². The number of anilines is 2. The number of aryl methyl sites for hydroxylation is 1. The highest BCUT2D eigenvalue weighted by molar-refractivity contribution is 7.85. The van der Waals surface area contributed by atoms with Gasteiger partial charge in [-0.3, -0.25) is 4.79 Å². The number of likely N-dealkylation sites (N-methyl/N-ethyl adjacent to an activating group) is 1. The van der Waals surface area contributed by atoms with E-state index in [9.17, 15) is 13.8 Å². The van der Waals surface area contributed by atoms with Gasteiger partial charge in [0.2, 0.25) is 0 Å². The molecule has 190 valence electrons. The van der Waals surface area contributed by atoms with E-state index in [2.05, 4.69) is 33.7 Å². The van der Waals surface area contributed by atoms with Gasteiger partial charge in [0.1, 0.15) is 16.6 Å². The lowest BCUT2D eigenvalue weighted by Crippen LogP contribution is -2.44. The van der Waals surface area contributed by atoms with Gasteiger partial charge in [-0.2, -0.15) is 0 Å². The number of piperazine rings is 1. The molecule has 1 fully saturated rings. The quantitative estimate of drug-likeness (QED) is 0.522. The molecule has 0 radical (unpaired) electrons. The number of carbonyl (C=O) groups is 1.